The van der Waals surface area contributed by atoms with E-state index in [1.165, 1.54) is 37.3 Å². The van der Waals surface area contributed by atoms with Gasteiger partial charge >= 0.3 is 0 Å². The van der Waals surface area contributed by atoms with E-state index in [2.05, 4.69) is 10.2 Å². The second kappa shape index (κ2) is 8.94. The third kappa shape index (κ3) is 4.49. The van der Waals surface area contributed by atoms with Crippen LogP contribution in [-0.4, -0.2) is 60.2 Å². The van der Waals surface area contributed by atoms with Crippen molar-refractivity contribution in [3.63, 3.8) is 0 Å². The quantitative estimate of drug-likeness (QED) is 0.571. The van der Waals surface area contributed by atoms with Crippen molar-refractivity contribution in [3.05, 3.63) is 35.4 Å². The maximum atomic E-state index is 12.2. The Hall–Kier alpha value is -2.21. The van der Waals surface area contributed by atoms with Crippen molar-refractivity contribution in [3.8, 4) is 0 Å². The molecule has 0 spiro atoms. The highest BCUT2D eigenvalue weighted by molar-refractivity contribution is 6.21. The normalized spacial score (nSPS) is 17.5. The van der Waals surface area contributed by atoms with Gasteiger partial charge in [-0.05, 0) is 57.5 Å². The third-order valence-electron chi connectivity index (χ3n) is 5.09. The molecule has 2 aliphatic rings. The van der Waals surface area contributed by atoms with E-state index in [9.17, 15) is 14.4 Å². The fourth-order valence-electron chi connectivity index (χ4n) is 3.64. The molecule has 1 fully saturated rings. The highest BCUT2D eigenvalue weighted by atomic mass is 16.2. The van der Waals surface area contributed by atoms with E-state index in [0.29, 0.717) is 30.5 Å². The third-order valence-corrected chi connectivity index (χ3v) is 5.09. The minimum atomic E-state index is -0.257. The molecule has 0 unspecified atom stereocenters. The second-order valence-electron chi connectivity index (χ2n) is 7.02. The number of rotatable bonds is 8. The highest BCUT2D eigenvalue weighted by Crippen LogP contribution is 2.22. The molecule has 0 atom stereocenters. The van der Waals surface area contributed by atoms with Gasteiger partial charge in [0.1, 0.15) is 0 Å². The molecule has 3 rings (SSSR count). The smallest absolute Gasteiger partial charge is 0.261 e. The van der Waals surface area contributed by atoms with Crippen LogP contribution in [-0.2, 0) is 4.79 Å². The standard InChI is InChI=1S/C20H27N3O3/c24-18(21-11-7-14-22-12-4-1-5-13-22)10-6-15-23-19(25)16-8-2-3-9-17(16)20(23)26/h2-3,8-9H,1,4-7,10-15H2,(H,21,24). The Labute approximate surface area is 154 Å². The summed E-state index contributed by atoms with van der Waals surface area (Å²) < 4.78 is 0. The van der Waals surface area contributed by atoms with Crippen molar-refractivity contribution in [1.82, 2.24) is 15.1 Å². The monoisotopic (exact) mass is 357 g/mol. The van der Waals surface area contributed by atoms with Gasteiger partial charge in [-0.15, -0.1) is 0 Å². The number of likely N-dealkylation sites (tertiary alicyclic amines) is 1. The van der Waals surface area contributed by atoms with E-state index in [4.69, 9.17) is 0 Å². The zero-order chi connectivity index (χ0) is 18.4. The Morgan fingerprint density at radius 1 is 0.923 bits per heavy atom. The average Bonchev–Trinajstić information content (AvgIpc) is 2.91. The molecule has 3 amide bonds. The molecule has 6 nitrogen and oxygen atoms in total. The first-order valence-corrected chi connectivity index (χ1v) is 9.61. The Morgan fingerprint density at radius 2 is 1.58 bits per heavy atom. The first-order valence-electron chi connectivity index (χ1n) is 9.61. The summed E-state index contributed by atoms with van der Waals surface area (Å²) in [6.45, 7) is 4.35. The lowest BCUT2D eigenvalue weighted by molar-refractivity contribution is -0.121. The summed E-state index contributed by atoms with van der Waals surface area (Å²) >= 11 is 0. The van der Waals surface area contributed by atoms with Crippen LogP contribution in [0.3, 0.4) is 0 Å². The van der Waals surface area contributed by atoms with Crippen molar-refractivity contribution < 1.29 is 14.4 Å². The number of imide groups is 1. The number of carbonyl (C=O) groups excluding carboxylic acids is 3. The number of nitrogens with zero attached hydrogens (tertiary/aromatic N) is 2. The lowest BCUT2D eigenvalue weighted by Gasteiger charge is -2.26. The number of piperidine rings is 1. The van der Waals surface area contributed by atoms with Gasteiger partial charge in [0.25, 0.3) is 11.8 Å². The fraction of sp³-hybridized carbons (Fsp3) is 0.550. The van der Waals surface area contributed by atoms with Crippen molar-refractivity contribution in [2.45, 2.75) is 38.5 Å². The number of carbonyl (C=O) groups is 3. The molecule has 2 heterocycles. The maximum Gasteiger partial charge on any atom is 0.261 e. The summed E-state index contributed by atoms with van der Waals surface area (Å²) in [6, 6.07) is 6.85. The first-order chi connectivity index (χ1) is 12.7. The number of benzene rings is 1. The second-order valence-corrected chi connectivity index (χ2v) is 7.02. The summed E-state index contributed by atoms with van der Waals surface area (Å²) in [4.78, 5) is 40.1. The minimum Gasteiger partial charge on any atom is -0.356 e. The molecule has 6 heteroatoms. The molecule has 0 radical (unpaired) electrons. The van der Waals surface area contributed by atoms with Crippen LogP contribution in [0.15, 0.2) is 24.3 Å². The van der Waals surface area contributed by atoms with Gasteiger partial charge in [-0.1, -0.05) is 18.6 Å². The molecular weight excluding hydrogens is 330 g/mol. The van der Waals surface area contributed by atoms with Crippen LogP contribution in [0.2, 0.25) is 0 Å². The predicted molar refractivity (Wildman–Crippen MR) is 99.0 cm³/mol. The van der Waals surface area contributed by atoms with Gasteiger partial charge in [0.05, 0.1) is 11.1 Å². The summed E-state index contributed by atoms with van der Waals surface area (Å²) in [5, 5.41) is 2.93. The maximum absolute atomic E-state index is 12.2. The zero-order valence-electron chi connectivity index (χ0n) is 15.2. The van der Waals surface area contributed by atoms with Gasteiger partial charge in [0, 0.05) is 19.5 Å². The number of hydrogen-bond acceptors (Lipinski definition) is 4. The SMILES string of the molecule is O=C(CCCN1C(=O)c2ccccc2C1=O)NCCCN1CCCCC1. The minimum absolute atomic E-state index is 0.0137. The van der Waals surface area contributed by atoms with Crippen LogP contribution in [0.4, 0.5) is 0 Å². The molecule has 1 N–H and O–H groups in total. The topological polar surface area (TPSA) is 69.7 Å². The Kier molecular flexibility index (Phi) is 6.39. The van der Waals surface area contributed by atoms with Crippen LogP contribution in [0.1, 0.15) is 59.2 Å². The molecule has 1 saturated heterocycles. The van der Waals surface area contributed by atoms with Gasteiger partial charge in [0.15, 0.2) is 0 Å². The van der Waals surface area contributed by atoms with Crippen molar-refractivity contribution in [2.75, 3.05) is 32.7 Å². The molecule has 1 aromatic carbocycles. The summed E-state index contributed by atoms with van der Waals surface area (Å²) in [5.74, 6) is -0.527. The highest BCUT2D eigenvalue weighted by Gasteiger charge is 2.34. The average molecular weight is 357 g/mol. The largest absolute Gasteiger partial charge is 0.356 e. The van der Waals surface area contributed by atoms with Gasteiger partial charge in [-0.3, -0.25) is 19.3 Å². The van der Waals surface area contributed by atoms with Crippen molar-refractivity contribution in [2.24, 2.45) is 0 Å². The van der Waals surface area contributed by atoms with Crippen molar-refractivity contribution >= 4 is 17.7 Å². The molecule has 2 aliphatic heterocycles. The van der Waals surface area contributed by atoms with Crippen LogP contribution < -0.4 is 5.32 Å². The first kappa shape index (κ1) is 18.6. The van der Waals surface area contributed by atoms with Crippen LogP contribution in [0, 0.1) is 0 Å². The molecular formula is C20H27N3O3. The Morgan fingerprint density at radius 3 is 2.23 bits per heavy atom. The fourth-order valence-corrected chi connectivity index (χ4v) is 3.64. The summed E-state index contributed by atoms with van der Waals surface area (Å²) in [6.07, 6.45) is 5.68. The number of nitrogens with one attached hydrogen (secondary N) is 1. The number of fused-ring (bicyclic) bond motifs is 1. The van der Waals surface area contributed by atoms with Gasteiger partial charge in [-0.2, -0.15) is 0 Å². The van der Waals surface area contributed by atoms with E-state index in [-0.39, 0.29) is 24.3 Å². The number of hydrogen-bond donors (Lipinski definition) is 1. The van der Waals surface area contributed by atoms with Crippen LogP contribution >= 0.6 is 0 Å². The van der Waals surface area contributed by atoms with E-state index >= 15 is 0 Å². The van der Waals surface area contributed by atoms with Gasteiger partial charge in [0.2, 0.25) is 5.91 Å². The van der Waals surface area contributed by atoms with Gasteiger partial charge < -0.3 is 10.2 Å². The molecule has 26 heavy (non-hydrogen) atoms. The van der Waals surface area contributed by atoms with Crippen molar-refractivity contribution in [1.29, 1.82) is 0 Å². The lowest BCUT2D eigenvalue weighted by atomic mass is 10.1. The predicted octanol–water partition coefficient (Wildman–Crippen LogP) is 2.05. The molecule has 0 aromatic heterocycles. The molecule has 0 saturated carbocycles. The Balaban J connectivity index is 1.32. The van der Waals surface area contributed by atoms with E-state index in [0.717, 1.165) is 13.0 Å². The molecule has 0 aliphatic carbocycles. The van der Waals surface area contributed by atoms with E-state index in [1.54, 1.807) is 24.3 Å². The summed E-state index contributed by atoms with van der Waals surface area (Å²) in [5.41, 5.74) is 0.916. The molecule has 0 bridgehead atoms. The molecule has 1 aromatic rings. The molecule has 140 valence electrons. The van der Waals surface area contributed by atoms with Crippen LogP contribution in [0.25, 0.3) is 0 Å². The zero-order valence-corrected chi connectivity index (χ0v) is 15.2. The van der Waals surface area contributed by atoms with E-state index < -0.39 is 0 Å². The summed E-state index contributed by atoms with van der Waals surface area (Å²) in [7, 11) is 0. The van der Waals surface area contributed by atoms with Gasteiger partial charge in [-0.25, -0.2) is 0 Å². The van der Waals surface area contributed by atoms with E-state index in [1.807, 2.05) is 0 Å². The lowest BCUT2D eigenvalue weighted by Crippen LogP contribution is -2.34. The number of amides is 3. The van der Waals surface area contributed by atoms with Crippen LogP contribution in [0.5, 0.6) is 0 Å². The Bertz CT molecular complexity index is 633.